The minimum atomic E-state index is -0.736. The summed E-state index contributed by atoms with van der Waals surface area (Å²) in [5.41, 5.74) is 7.80. The molecular weight excluding hydrogens is 269 g/mol. The van der Waals surface area contributed by atoms with Crippen LogP contribution in [0.3, 0.4) is 0 Å². The highest BCUT2D eigenvalue weighted by atomic mass is 19.1. The van der Waals surface area contributed by atoms with E-state index < -0.39 is 5.82 Å². The predicted octanol–water partition coefficient (Wildman–Crippen LogP) is 2.39. The fourth-order valence-electron chi connectivity index (χ4n) is 2.67. The number of benzene rings is 1. The van der Waals surface area contributed by atoms with Crippen LogP contribution in [0, 0.1) is 5.82 Å². The van der Waals surface area contributed by atoms with Crippen LogP contribution >= 0.6 is 0 Å². The molecule has 0 bridgehead atoms. The van der Waals surface area contributed by atoms with Gasteiger partial charge < -0.3 is 10.6 Å². The number of nitrogen functional groups attached to an aromatic ring is 1. The minimum absolute atomic E-state index is 0.0121. The molecule has 1 aliphatic rings. The number of aryl methyl sites for hydroxylation is 1. The number of amides is 1. The Morgan fingerprint density at radius 3 is 2.81 bits per heavy atom. The van der Waals surface area contributed by atoms with E-state index in [2.05, 4.69) is 11.1 Å². The molecule has 0 fully saturated rings. The number of hydrogen-bond donors (Lipinski definition) is 1. The van der Waals surface area contributed by atoms with Gasteiger partial charge in [-0.15, -0.1) is 0 Å². The molecule has 0 unspecified atom stereocenters. The van der Waals surface area contributed by atoms with Gasteiger partial charge in [-0.2, -0.15) is 0 Å². The van der Waals surface area contributed by atoms with Crippen molar-refractivity contribution >= 4 is 11.7 Å². The van der Waals surface area contributed by atoms with Crippen molar-refractivity contribution in [2.75, 3.05) is 12.3 Å². The Hall–Kier alpha value is -2.43. The molecule has 5 heteroatoms. The van der Waals surface area contributed by atoms with E-state index in [1.807, 2.05) is 18.2 Å². The van der Waals surface area contributed by atoms with Crippen LogP contribution in [0.15, 0.2) is 36.5 Å². The number of carbonyl (C=O) groups is 1. The number of anilines is 1. The van der Waals surface area contributed by atoms with E-state index >= 15 is 0 Å². The Kier molecular flexibility index (Phi) is 3.56. The molecule has 0 spiro atoms. The van der Waals surface area contributed by atoms with Crippen molar-refractivity contribution in [2.24, 2.45) is 0 Å². The van der Waals surface area contributed by atoms with Crippen molar-refractivity contribution in [3.63, 3.8) is 0 Å². The van der Waals surface area contributed by atoms with Gasteiger partial charge in [-0.3, -0.25) is 4.79 Å². The summed E-state index contributed by atoms with van der Waals surface area (Å²) in [6.07, 6.45) is 3.16. The molecule has 0 saturated carbocycles. The van der Waals surface area contributed by atoms with Gasteiger partial charge >= 0.3 is 0 Å². The van der Waals surface area contributed by atoms with E-state index in [-0.39, 0.29) is 17.3 Å². The Morgan fingerprint density at radius 1 is 1.24 bits per heavy atom. The van der Waals surface area contributed by atoms with Crippen molar-refractivity contribution in [3.05, 3.63) is 59.0 Å². The van der Waals surface area contributed by atoms with Gasteiger partial charge in [0, 0.05) is 19.3 Å². The second-order valence-electron chi connectivity index (χ2n) is 5.16. The number of carbonyl (C=O) groups excluding carboxylic acids is 1. The van der Waals surface area contributed by atoms with E-state index in [0.717, 1.165) is 18.4 Å². The number of pyridine rings is 1. The summed E-state index contributed by atoms with van der Waals surface area (Å²) in [7, 11) is 0. The van der Waals surface area contributed by atoms with Crippen molar-refractivity contribution in [3.8, 4) is 0 Å². The third kappa shape index (κ3) is 2.59. The largest absolute Gasteiger partial charge is 0.381 e. The summed E-state index contributed by atoms with van der Waals surface area (Å²) in [5, 5.41) is 0. The molecule has 0 saturated heterocycles. The molecule has 108 valence electrons. The topological polar surface area (TPSA) is 59.2 Å². The second-order valence-corrected chi connectivity index (χ2v) is 5.16. The Labute approximate surface area is 122 Å². The van der Waals surface area contributed by atoms with Gasteiger partial charge in [0.25, 0.3) is 5.91 Å². The van der Waals surface area contributed by atoms with Gasteiger partial charge in [-0.05, 0) is 30.0 Å². The number of fused-ring (bicyclic) bond motifs is 1. The van der Waals surface area contributed by atoms with Crippen LogP contribution in [-0.2, 0) is 13.0 Å². The van der Waals surface area contributed by atoms with E-state index in [0.29, 0.717) is 13.1 Å². The lowest BCUT2D eigenvalue weighted by molar-refractivity contribution is 0.0741. The maximum Gasteiger partial charge on any atom is 0.257 e. The zero-order valence-electron chi connectivity index (χ0n) is 11.6. The number of halogens is 1. The van der Waals surface area contributed by atoms with Crippen LogP contribution in [-0.4, -0.2) is 22.3 Å². The van der Waals surface area contributed by atoms with Crippen LogP contribution in [0.2, 0.25) is 0 Å². The predicted molar refractivity (Wildman–Crippen MR) is 78.1 cm³/mol. The van der Waals surface area contributed by atoms with E-state index in [9.17, 15) is 9.18 Å². The third-order valence-electron chi connectivity index (χ3n) is 3.79. The molecule has 1 amide bonds. The van der Waals surface area contributed by atoms with Crippen LogP contribution in [0.25, 0.3) is 0 Å². The number of hydrogen-bond acceptors (Lipinski definition) is 3. The summed E-state index contributed by atoms with van der Waals surface area (Å²) < 4.78 is 14.0. The van der Waals surface area contributed by atoms with Gasteiger partial charge in [0.15, 0.2) is 11.6 Å². The lowest BCUT2D eigenvalue weighted by Crippen LogP contribution is -2.31. The molecular formula is C16H16FN3O. The number of nitrogens with two attached hydrogens (primary N) is 1. The fraction of sp³-hybridized carbons (Fsp3) is 0.250. The van der Waals surface area contributed by atoms with Crippen molar-refractivity contribution in [1.29, 1.82) is 0 Å². The second kappa shape index (κ2) is 5.52. The van der Waals surface area contributed by atoms with E-state index in [1.54, 1.807) is 4.90 Å². The standard InChI is InChI=1S/C16H16FN3O/c17-14-13(7-8-19-15(14)18)16(21)20-9-3-6-11-4-1-2-5-12(11)10-20/h1-2,4-5,7-8H,3,6,9-10H2,(H2,18,19). The van der Waals surface area contributed by atoms with E-state index in [1.165, 1.54) is 17.8 Å². The molecule has 1 aromatic carbocycles. The normalized spacial score (nSPS) is 14.4. The van der Waals surface area contributed by atoms with Crippen molar-refractivity contribution in [2.45, 2.75) is 19.4 Å². The maximum absolute atomic E-state index is 14.0. The highest BCUT2D eigenvalue weighted by Gasteiger charge is 2.23. The molecule has 0 atom stereocenters. The smallest absolute Gasteiger partial charge is 0.257 e. The zero-order valence-corrected chi connectivity index (χ0v) is 11.6. The molecule has 3 rings (SSSR count). The van der Waals surface area contributed by atoms with Gasteiger partial charge in [0.2, 0.25) is 0 Å². The Bertz CT molecular complexity index is 687. The lowest BCUT2D eigenvalue weighted by atomic mass is 10.0. The van der Waals surface area contributed by atoms with Gasteiger partial charge in [-0.25, -0.2) is 9.37 Å². The van der Waals surface area contributed by atoms with Crippen molar-refractivity contribution in [1.82, 2.24) is 9.88 Å². The van der Waals surface area contributed by atoms with E-state index in [4.69, 9.17) is 5.73 Å². The Morgan fingerprint density at radius 2 is 2.00 bits per heavy atom. The van der Waals surface area contributed by atoms with Crippen LogP contribution in [0.1, 0.15) is 27.9 Å². The molecule has 0 aliphatic carbocycles. The van der Waals surface area contributed by atoms with Gasteiger partial charge in [0.1, 0.15) is 0 Å². The summed E-state index contributed by atoms with van der Waals surface area (Å²) in [4.78, 5) is 17.9. The summed E-state index contributed by atoms with van der Waals surface area (Å²) >= 11 is 0. The molecule has 4 nitrogen and oxygen atoms in total. The summed E-state index contributed by atoms with van der Waals surface area (Å²) in [5.74, 6) is -1.31. The summed E-state index contributed by atoms with van der Waals surface area (Å²) in [6.45, 7) is 1.10. The first-order valence-electron chi connectivity index (χ1n) is 6.93. The first-order chi connectivity index (χ1) is 10.2. The molecule has 1 aromatic heterocycles. The summed E-state index contributed by atoms with van der Waals surface area (Å²) in [6, 6.07) is 9.43. The molecule has 2 heterocycles. The lowest BCUT2D eigenvalue weighted by Gasteiger charge is -2.21. The Balaban J connectivity index is 1.90. The van der Waals surface area contributed by atoms with Crippen molar-refractivity contribution < 1.29 is 9.18 Å². The maximum atomic E-state index is 14.0. The number of nitrogens with zero attached hydrogens (tertiary/aromatic N) is 2. The number of rotatable bonds is 1. The third-order valence-corrected chi connectivity index (χ3v) is 3.79. The van der Waals surface area contributed by atoms with Crippen LogP contribution in [0.5, 0.6) is 0 Å². The minimum Gasteiger partial charge on any atom is -0.381 e. The highest BCUT2D eigenvalue weighted by Crippen LogP contribution is 2.21. The number of aromatic nitrogens is 1. The SMILES string of the molecule is Nc1nccc(C(=O)N2CCCc3ccccc3C2)c1F. The van der Waals surface area contributed by atoms with Crippen LogP contribution in [0.4, 0.5) is 10.2 Å². The average molecular weight is 285 g/mol. The molecule has 21 heavy (non-hydrogen) atoms. The first-order valence-corrected chi connectivity index (χ1v) is 6.93. The monoisotopic (exact) mass is 285 g/mol. The first kappa shape index (κ1) is 13.5. The average Bonchev–Trinajstić information content (AvgIpc) is 2.71. The highest BCUT2D eigenvalue weighted by molar-refractivity contribution is 5.95. The molecule has 2 aromatic rings. The quantitative estimate of drug-likeness (QED) is 0.875. The molecule has 0 radical (unpaired) electrons. The van der Waals surface area contributed by atoms with Crippen LogP contribution < -0.4 is 5.73 Å². The van der Waals surface area contributed by atoms with Gasteiger partial charge in [-0.1, -0.05) is 24.3 Å². The molecule has 1 aliphatic heterocycles. The molecule has 2 N–H and O–H groups in total. The van der Waals surface area contributed by atoms with Gasteiger partial charge in [0.05, 0.1) is 5.56 Å². The fourth-order valence-corrected chi connectivity index (χ4v) is 2.67. The zero-order chi connectivity index (χ0) is 14.8.